The summed E-state index contributed by atoms with van der Waals surface area (Å²) in [6, 6.07) is 8.66. The summed E-state index contributed by atoms with van der Waals surface area (Å²) in [5.74, 6) is -7.00. The van der Waals surface area contributed by atoms with E-state index >= 15 is 0 Å². The van der Waals surface area contributed by atoms with Crippen LogP contribution in [0.4, 0.5) is 22.0 Å². The largest absolute Gasteiger partial charge is 0.298 e. The highest BCUT2D eigenvalue weighted by atomic mass is 19.2. The number of hydrogen-bond donors (Lipinski definition) is 0. The fourth-order valence-electron chi connectivity index (χ4n) is 2.87. The average molecular weight is 376 g/mol. The van der Waals surface area contributed by atoms with Gasteiger partial charge in [0.1, 0.15) is 11.6 Å². The second-order valence-electron chi connectivity index (χ2n) is 5.93. The number of benzene rings is 3. The first-order valence-corrected chi connectivity index (χ1v) is 8.08. The van der Waals surface area contributed by atoms with E-state index < -0.39 is 34.6 Å². The van der Waals surface area contributed by atoms with Gasteiger partial charge in [0.15, 0.2) is 23.7 Å². The van der Waals surface area contributed by atoms with E-state index in [0.29, 0.717) is 12.1 Å². The maximum absolute atomic E-state index is 14.9. The SMILES string of the molecule is CCc1ccc(-c2c(-c3cc(F)c(F)c(F)c3)cc(F)c(C=O)c2F)cc1. The minimum atomic E-state index is -1.68. The monoisotopic (exact) mass is 376 g/mol. The number of halogens is 5. The van der Waals surface area contributed by atoms with Crippen LogP contribution in [0.2, 0.25) is 0 Å². The van der Waals surface area contributed by atoms with Crippen LogP contribution in [0.5, 0.6) is 0 Å². The number of aldehydes is 1. The predicted octanol–water partition coefficient (Wildman–Crippen LogP) is 6.09. The highest BCUT2D eigenvalue weighted by Crippen LogP contribution is 2.38. The first kappa shape index (κ1) is 18.8. The third kappa shape index (κ3) is 3.35. The average Bonchev–Trinajstić information content (AvgIpc) is 2.66. The lowest BCUT2D eigenvalue weighted by Gasteiger charge is -2.15. The van der Waals surface area contributed by atoms with Crippen LogP contribution in [0.3, 0.4) is 0 Å². The van der Waals surface area contributed by atoms with Gasteiger partial charge in [-0.3, -0.25) is 4.79 Å². The van der Waals surface area contributed by atoms with E-state index in [1.54, 1.807) is 24.3 Å². The fourth-order valence-corrected chi connectivity index (χ4v) is 2.87. The Kier molecular flexibility index (Phi) is 5.08. The minimum absolute atomic E-state index is 0.0319. The van der Waals surface area contributed by atoms with E-state index in [1.165, 1.54) is 0 Å². The Bertz CT molecular complexity index is 1000. The van der Waals surface area contributed by atoms with Gasteiger partial charge in [0.2, 0.25) is 0 Å². The molecule has 138 valence electrons. The Labute approximate surface area is 152 Å². The molecule has 0 radical (unpaired) electrons. The quantitative estimate of drug-likeness (QED) is 0.306. The number of aryl methyl sites for hydroxylation is 1. The zero-order valence-corrected chi connectivity index (χ0v) is 14.1. The second kappa shape index (κ2) is 7.31. The molecule has 0 spiro atoms. The Morgan fingerprint density at radius 1 is 0.778 bits per heavy atom. The maximum Gasteiger partial charge on any atom is 0.194 e. The lowest BCUT2D eigenvalue weighted by Crippen LogP contribution is -2.01. The summed E-state index contributed by atoms with van der Waals surface area (Å²) >= 11 is 0. The summed E-state index contributed by atoms with van der Waals surface area (Å²) in [5, 5.41) is 0. The van der Waals surface area contributed by atoms with Gasteiger partial charge in [-0.15, -0.1) is 0 Å². The van der Waals surface area contributed by atoms with Crippen LogP contribution in [0.25, 0.3) is 22.3 Å². The molecule has 0 saturated heterocycles. The third-order valence-corrected chi connectivity index (χ3v) is 4.32. The smallest absolute Gasteiger partial charge is 0.194 e. The molecular weight excluding hydrogens is 363 g/mol. The predicted molar refractivity (Wildman–Crippen MR) is 91.9 cm³/mol. The van der Waals surface area contributed by atoms with Gasteiger partial charge in [-0.1, -0.05) is 31.2 Å². The molecule has 3 aromatic carbocycles. The Balaban J connectivity index is 2.34. The standard InChI is InChI=1S/C21H13F5O/c1-2-11-3-5-12(6-4-11)19-14(9-16(22)15(10-27)20(19)25)13-7-17(23)21(26)18(24)8-13/h3-10H,2H2,1H3. The molecule has 0 amide bonds. The highest BCUT2D eigenvalue weighted by Gasteiger charge is 2.22. The first-order valence-electron chi connectivity index (χ1n) is 8.08. The van der Waals surface area contributed by atoms with Crippen LogP contribution >= 0.6 is 0 Å². The number of carbonyl (C=O) groups is 1. The Morgan fingerprint density at radius 2 is 1.37 bits per heavy atom. The molecular formula is C21H13F5O. The summed E-state index contributed by atoms with van der Waals surface area (Å²) in [6.07, 6.45) is 0.761. The molecule has 0 aliphatic rings. The van der Waals surface area contributed by atoms with Gasteiger partial charge < -0.3 is 0 Å². The summed E-state index contributed by atoms with van der Waals surface area (Å²) in [6.45, 7) is 1.92. The van der Waals surface area contributed by atoms with Crippen molar-refractivity contribution in [2.24, 2.45) is 0 Å². The van der Waals surface area contributed by atoms with Crippen molar-refractivity contribution < 1.29 is 26.7 Å². The van der Waals surface area contributed by atoms with E-state index in [1.807, 2.05) is 6.92 Å². The van der Waals surface area contributed by atoms with Crippen LogP contribution < -0.4 is 0 Å². The highest BCUT2D eigenvalue weighted by molar-refractivity contribution is 5.89. The number of hydrogen-bond acceptors (Lipinski definition) is 1. The van der Waals surface area contributed by atoms with Crippen molar-refractivity contribution in [3.05, 3.63) is 82.7 Å². The van der Waals surface area contributed by atoms with Crippen molar-refractivity contribution >= 4 is 6.29 Å². The van der Waals surface area contributed by atoms with E-state index in [2.05, 4.69) is 0 Å². The van der Waals surface area contributed by atoms with Gasteiger partial charge in [0, 0.05) is 5.56 Å². The van der Waals surface area contributed by atoms with Crippen molar-refractivity contribution in [1.29, 1.82) is 0 Å². The first-order chi connectivity index (χ1) is 12.9. The molecule has 0 aromatic heterocycles. The molecule has 0 atom stereocenters. The van der Waals surface area contributed by atoms with E-state index in [9.17, 15) is 26.7 Å². The van der Waals surface area contributed by atoms with E-state index in [0.717, 1.165) is 18.1 Å². The molecule has 6 heteroatoms. The van der Waals surface area contributed by atoms with Gasteiger partial charge in [-0.2, -0.15) is 0 Å². The zero-order chi connectivity index (χ0) is 19.7. The molecule has 0 heterocycles. The second-order valence-corrected chi connectivity index (χ2v) is 5.93. The van der Waals surface area contributed by atoms with E-state index in [-0.39, 0.29) is 28.5 Å². The summed E-state index contributed by atoms with van der Waals surface area (Å²) in [4.78, 5) is 11.1. The van der Waals surface area contributed by atoms with Crippen molar-refractivity contribution in [2.75, 3.05) is 0 Å². The fraction of sp³-hybridized carbons (Fsp3) is 0.0952. The van der Waals surface area contributed by atoms with Crippen LogP contribution in [0, 0.1) is 29.1 Å². The topological polar surface area (TPSA) is 17.1 Å². The summed E-state index contributed by atoms with van der Waals surface area (Å²) in [5.41, 5.74) is -0.206. The number of rotatable bonds is 4. The van der Waals surface area contributed by atoms with Crippen LogP contribution in [0.15, 0.2) is 42.5 Å². The maximum atomic E-state index is 14.9. The molecule has 0 aliphatic heterocycles. The molecule has 0 fully saturated rings. The normalized spacial score (nSPS) is 10.9. The van der Waals surface area contributed by atoms with Gasteiger partial charge in [-0.05, 0) is 46.9 Å². The van der Waals surface area contributed by atoms with Crippen LogP contribution in [-0.2, 0) is 6.42 Å². The van der Waals surface area contributed by atoms with Crippen molar-refractivity contribution in [1.82, 2.24) is 0 Å². The van der Waals surface area contributed by atoms with Crippen LogP contribution in [0.1, 0.15) is 22.8 Å². The molecule has 3 rings (SSSR count). The lowest BCUT2D eigenvalue weighted by atomic mass is 9.91. The lowest BCUT2D eigenvalue weighted by molar-refractivity contribution is 0.111. The zero-order valence-electron chi connectivity index (χ0n) is 14.1. The molecule has 0 saturated carbocycles. The van der Waals surface area contributed by atoms with Gasteiger partial charge in [0.25, 0.3) is 0 Å². The molecule has 27 heavy (non-hydrogen) atoms. The van der Waals surface area contributed by atoms with Crippen LogP contribution in [-0.4, -0.2) is 6.29 Å². The van der Waals surface area contributed by atoms with Crippen molar-refractivity contribution in [3.8, 4) is 22.3 Å². The van der Waals surface area contributed by atoms with Gasteiger partial charge >= 0.3 is 0 Å². The van der Waals surface area contributed by atoms with Crippen molar-refractivity contribution in [2.45, 2.75) is 13.3 Å². The molecule has 3 aromatic rings. The summed E-state index contributed by atoms with van der Waals surface area (Å²) in [7, 11) is 0. The summed E-state index contributed by atoms with van der Waals surface area (Å²) < 4.78 is 69.6. The van der Waals surface area contributed by atoms with E-state index in [4.69, 9.17) is 0 Å². The molecule has 0 aliphatic carbocycles. The molecule has 0 N–H and O–H groups in total. The Hall–Kier alpha value is -3.02. The molecule has 1 nitrogen and oxygen atoms in total. The minimum Gasteiger partial charge on any atom is -0.298 e. The van der Waals surface area contributed by atoms with Gasteiger partial charge in [0.05, 0.1) is 5.56 Å². The van der Waals surface area contributed by atoms with Gasteiger partial charge in [-0.25, -0.2) is 22.0 Å². The Morgan fingerprint density at radius 3 is 1.89 bits per heavy atom. The molecule has 0 unspecified atom stereocenters. The van der Waals surface area contributed by atoms with Crippen molar-refractivity contribution in [3.63, 3.8) is 0 Å². The molecule has 0 bridgehead atoms. The number of carbonyl (C=O) groups excluding carboxylic acids is 1. The third-order valence-electron chi connectivity index (χ3n) is 4.32.